The maximum Gasteiger partial charge on any atom is 0.414 e. The van der Waals surface area contributed by atoms with Crippen molar-refractivity contribution in [2.24, 2.45) is 5.92 Å². The van der Waals surface area contributed by atoms with Crippen molar-refractivity contribution in [1.29, 1.82) is 0 Å². The molecule has 1 unspecified atom stereocenters. The smallest absolute Gasteiger partial charge is 0.414 e. The summed E-state index contributed by atoms with van der Waals surface area (Å²) < 4.78 is 15.6. The van der Waals surface area contributed by atoms with Gasteiger partial charge >= 0.3 is 6.09 Å². The Hall–Kier alpha value is -3.75. The number of rotatable bonds is 6. The minimum Gasteiger partial charge on any atom is -0.497 e. The van der Waals surface area contributed by atoms with Gasteiger partial charge in [0, 0.05) is 30.4 Å². The van der Waals surface area contributed by atoms with E-state index in [0.29, 0.717) is 41.7 Å². The number of anilines is 3. The average Bonchev–Trinajstić information content (AvgIpc) is 3.39. The summed E-state index contributed by atoms with van der Waals surface area (Å²) in [4.78, 5) is 40.3. The van der Waals surface area contributed by atoms with E-state index in [9.17, 15) is 14.4 Å². The van der Waals surface area contributed by atoms with E-state index in [1.54, 1.807) is 54.5 Å². The molecule has 0 aromatic heterocycles. The first-order valence-corrected chi connectivity index (χ1v) is 9.87. The summed E-state index contributed by atoms with van der Waals surface area (Å²) in [5.74, 6) is 0.184. The summed E-state index contributed by atoms with van der Waals surface area (Å²) >= 11 is 0. The van der Waals surface area contributed by atoms with Crippen LogP contribution in [0.5, 0.6) is 11.5 Å². The molecule has 31 heavy (non-hydrogen) atoms. The van der Waals surface area contributed by atoms with Gasteiger partial charge in [-0.15, -0.1) is 0 Å². The Morgan fingerprint density at radius 2 is 1.94 bits per heavy atom. The van der Waals surface area contributed by atoms with Crippen LogP contribution in [0.2, 0.25) is 0 Å². The second-order valence-corrected chi connectivity index (χ2v) is 7.25. The summed E-state index contributed by atoms with van der Waals surface area (Å²) in [7, 11) is 3.07. The molecule has 0 radical (unpaired) electrons. The van der Waals surface area contributed by atoms with Gasteiger partial charge < -0.3 is 24.4 Å². The highest BCUT2D eigenvalue weighted by Crippen LogP contribution is 2.36. The molecule has 2 fully saturated rings. The molecular weight excluding hydrogens is 402 g/mol. The number of hydrogen-bond donors (Lipinski definition) is 1. The molecule has 0 aliphatic carbocycles. The minimum absolute atomic E-state index is 0.0964. The number of ether oxygens (including phenoxy) is 3. The molecule has 4 rings (SSSR count). The van der Waals surface area contributed by atoms with Crippen LogP contribution in [0.1, 0.15) is 6.42 Å². The van der Waals surface area contributed by atoms with E-state index < -0.39 is 12.0 Å². The van der Waals surface area contributed by atoms with E-state index >= 15 is 0 Å². The zero-order chi connectivity index (χ0) is 22.0. The fourth-order valence-electron chi connectivity index (χ4n) is 3.75. The zero-order valence-electron chi connectivity index (χ0n) is 17.3. The Kier molecular flexibility index (Phi) is 5.66. The van der Waals surface area contributed by atoms with Crippen LogP contribution in [0.15, 0.2) is 42.5 Å². The molecule has 2 aliphatic rings. The van der Waals surface area contributed by atoms with Gasteiger partial charge in [-0.25, -0.2) is 4.79 Å². The third kappa shape index (κ3) is 4.11. The number of carbonyl (C=O) groups is 3. The second kappa shape index (κ2) is 8.55. The van der Waals surface area contributed by atoms with E-state index in [4.69, 9.17) is 14.2 Å². The molecule has 0 spiro atoms. The fraction of sp³-hybridized carbons (Fsp3) is 0.318. The van der Waals surface area contributed by atoms with Crippen molar-refractivity contribution in [3.05, 3.63) is 42.5 Å². The van der Waals surface area contributed by atoms with Crippen LogP contribution in [-0.2, 0) is 14.3 Å². The lowest BCUT2D eigenvalue weighted by Gasteiger charge is -2.20. The Bertz CT molecular complexity index is 1020. The predicted octanol–water partition coefficient (Wildman–Crippen LogP) is 2.65. The quantitative estimate of drug-likeness (QED) is 0.764. The highest BCUT2D eigenvalue weighted by molar-refractivity contribution is 6.04. The van der Waals surface area contributed by atoms with Gasteiger partial charge in [0.2, 0.25) is 11.8 Å². The van der Waals surface area contributed by atoms with Crippen molar-refractivity contribution in [1.82, 2.24) is 0 Å². The number of hydrogen-bond acceptors (Lipinski definition) is 6. The van der Waals surface area contributed by atoms with E-state index in [-0.39, 0.29) is 24.8 Å². The van der Waals surface area contributed by atoms with Crippen molar-refractivity contribution in [3.8, 4) is 11.5 Å². The fourth-order valence-corrected chi connectivity index (χ4v) is 3.75. The van der Waals surface area contributed by atoms with Crippen molar-refractivity contribution < 1.29 is 28.6 Å². The van der Waals surface area contributed by atoms with Crippen LogP contribution in [-0.4, -0.2) is 51.8 Å². The van der Waals surface area contributed by atoms with Gasteiger partial charge in [-0.1, -0.05) is 6.07 Å². The number of carbonyl (C=O) groups excluding carboxylic acids is 3. The van der Waals surface area contributed by atoms with E-state index in [2.05, 4.69) is 5.32 Å². The van der Waals surface area contributed by atoms with Gasteiger partial charge in [0.1, 0.15) is 18.1 Å². The molecule has 2 saturated heterocycles. The van der Waals surface area contributed by atoms with Crippen LogP contribution in [0, 0.1) is 5.92 Å². The molecule has 1 atom stereocenters. The molecule has 2 aliphatic heterocycles. The van der Waals surface area contributed by atoms with Crippen LogP contribution in [0.25, 0.3) is 0 Å². The van der Waals surface area contributed by atoms with Crippen LogP contribution in [0.4, 0.5) is 21.9 Å². The van der Waals surface area contributed by atoms with Crippen LogP contribution in [0.3, 0.4) is 0 Å². The maximum atomic E-state index is 12.8. The first-order chi connectivity index (χ1) is 15.0. The molecule has 3 amide bonds. The van der Waals surface area contributed by atoms with Crippen molar-refractivity contribution in [2.75, 3.05) is 49.0 Å². The third-order valence-electron chi connectivity index (χ3n) is 5.36. The maximum absolute atomic E-state index is 12.8. The molecule has 162 valence electrons. The highest BCUT2D eigenvalue weighted by atomic mass is 16.6. The zero-order valence-corrected chi connectivity index (χ0v) is 17.3. The lowest BCUT2D eigenvalue weighted by Crippen LogP contribution is -2.28. The lowest BCUT2D eigenvalue weighted by molar-refractivity contribution is -0.122. The van der Waals surface area contributed by atoms with Gasteiger partial charge in [0.25, 0.3) is 0 Å². The summed E-state index contributed by atoms with van der Waals surface area (Å²) in [5.41, 5.74) is 1.79. The minimum atomic E-state index is -0.514. The number of methoxy groups -OCH3 is 2. The molecule has 2 aromatic rings. The SMILES string of the molecule is COc1ccc(N2CC(C(=O)Nc3cccc(N4CCOC4=O)c3)CC2=O)c(OC)c1. The lowest BCUT2D eigenvalue weighted by atomic mass is 10.1. The molecule has 2 heterocycles. The van der Waals surface area contributed by atoms with Crippen molar-refractivity contribution >= 4 is 35.0 Å². The van der Waals surface area contributed by atoms with Gasteiger partial charge in [-0.05, 0) is 30.3 Å². The largest absolute Gasteiger partial charge is 0.497 e. The molecular formula is C22H23N3O6. The standard InChI is InChI=1S/C22H23N3O6/c1-29-17-6-7-18(19(12-17)30-2)25-13-14(10-20(25)26)21(27)23-15-4-3-5-16(11-15)24-8-9-31-22(24)28/h3-7,11-12,14H,8-10,13H2,1-2H3,(H,23,27). The first-order valence-electron chi connectivity index (χ1n) is 9.87. The topological polar surface area (TPSA) is 97.4 Å². The number of amides is 3. The average molecular weight is 425 g/mol. The van der Waals surface area contributed by atoms with Gasteiger partial charge in [0.05, 0.1) is 32.4 Å². The monoisotopic (exact) mass is 425 g/mol. The Balaban J connectivity index is 1.46. The first kappa shape index (κ1) is 20.5. The van der Waals surface area contributed by atoms with Crippen LogP contribution >= 0.6 is 0 Å². The number of nitrogens with zero attached hydrogens (tertiary/aromatic N) is 2. The summed E-state index contributed by atoms with van der Waals surface area (Å²) in [5, 5.41) is 2.85. The molecule has 9 heteroatoms. The molecule has 2 aromatic carbocycles. The van der Waals surface area contributed by atoms with Crippen LogP contribution < -0.4 is 24.6 Å². The summed E-state index contributed by atoms with van der Waals surface area (Å²) in [6.07, 6.45) is -0.312. The molecule has 9 nitrogen and oxygen atoms in total. The van der Waals surface area contributed by atoms with Gasteiger partial charge in [-0.2, -0.15) is 0 Å². The summed E-state index contributed by atoms with van der Waals surface area (Å²) in [6, 6.07) is 12.2. The molecule has 1 N–H and O–H groups in total. The predicted molar refractivity (Wildman–Crippen MR) is 114 cm³/mol. The highest BCUT2D eigenvalue weighted by Gasteiger charge is 2.36. The Labute approximate surface area is 179 Å². The van der Waals surface area contributed by atoms with Gasteiger partial charge in [-0.3, -0.25) is 14.5 Å². The van der Waals surface area contributed by atoms with Crippen molar-refractivity contribution in [2.45, 2.75) is 6.42 Å². The Morgan fingerprint density at radius 3 is 2.65 bits per heavy atom. The van der Waals surface area contributed by atoms with E-state index in [1.807, 2.05) is 0 Å². The van der Waals surface area contributed by atoms with Gasteiger partial charge in [0.15, 0.2) is 0 Å². The van der Waals surface area contributed by atoms with E-state index in [1.165, 1.54) is 12.0 Å². The van der Waals surface area contributed by atoms with E-state index in [0.717, 1.165) is 0 Å². The number of nitrogens with one attached hydrogen (secondary N) is 1. The second-order valence-electron chi connectivity index (χ2n) is 7.25. The Morgan fingerprint density at radius 1 is 1.10 bits per heavy atom. The number of cyclic esters (lactones) is 1. The molecule has 0 saturated carbocycles. The molecule has 0 bridgehead atoms. The summed E-state index contributed by atoms with van der Waals surface area (Å²) in [6.45, 7) is 1.04. The third-order valence-corrected chi connectivity index (χ3v) is 5.36. The normalized spacial score (nSPS) is 18.2. The number of benzene rings is 2. The van der Waals surface area contributed by atoms with Crippen molar-refractivity contribution in [3.63, 3.8) is 0 Å².